The molecule has 2 aliphatic heterocycles. The molecule has 2 aliphatic rings. The van der Waals surface area contributed by atoms with Crippen LogP contribution < -0.4 is 14.8 Å². The standard InChI is InChI=1S/C22H36N4O2/c1-3-23-22(26-14-10-19(18-26)17-25-12-4-5-13-25)24-11-7-15-28-21-9-6-8-20(16-21)27-2/h6,8-9,16,19H,3-5,7,10-15,17-18H2,1-2H3,(H,23,24). The van der Waals surface area contributed by atoms with E-state index in [1.54, 1.807) is 7.11 Å². The molecule has 2 heterocycles. The number of guanidine groups is 1. The average molecular weight is 389 g/mol. The van der Waals surface area contributed by atoms with Gasteiger partial charge in [0.25, 0.3) is 0 Å². The molecule has 28 heavy (non-hydrogen) atoms. The summed E-state index contributed by atoms with van der Waals surface area (Å²) in [4.78, 5) is 9.91. The number of rotatable bonds is 9. The van der Waals surface area contributed by atoms with E-state index < -0.39 is 0 Å². The van der Waals surface area contributed by atoms with Gasteiger partial charge in [-0.3, -0.25) is 4.99 Å². The molecular weight excluding hydrogens is 352 g/mol. The van der Waals surface area contributed by atoms with Gasteiger partial charge in [0, 0.05) is 45.2 Å². The van der Waals surface area contributed by atoms with Gasteiger partial charge in [-0.25, -0.2) is 0 Å². The summed E-state index contributed by atoms with van der Waals surface area (Å²) >= 11 is 0. The van der Waals surface area contributed by atoms with Crippen LogP contribution in [-0.2, 0) is 0 Å². The zero-order chi connectivity index (χ0) is 19.6. The van der Waals surface area contributed by atoms with E-state index in [4.69, 9.17) is 14.5 Å². The Kier molecular flexibility index (Phi) is 8.27. The van der Waals surface area contributed by atoms with Gasteiger partial charge in [0.05, 0.1) is 13.7 Å². The summed E-state index contributed by atoms with van der Waals surface area (Å²) in [5, 5.41) is 3.47. The first-order chi connectivity index (χ1) is 13.8. The summed E-state index contributed by atoms with van der Waals surface area (Å²) < 4.78 is 11.0. The largest absolute Gasteiger partial charge is 0.497 e. The lowest BCUT2D eigenvalue weighted by molar-refractivity contribution is 0.281. The van der Waals surface area contributed by atoms with E-state index in [0.29, 0.717) is 6.61 Å². The second-order valence-corrected chi connectivity index (χ2v) is 7.73. The molecule has 3 rings (SSSR count). The number of likely N-dealkylation sites (tertiary alicyclic amines) is 2. The van der Waals surface area contributed by atoms with E-state index >= 15 is 0 Å². The van der Waals surface area contributed by atoms with Crippen LogP contribution in [0, 0.1) is 5.92 Å². The Balaban J connectivity index is 1.41. The Labute approximate surface area is 169 Å². The molecule has 6 nitrogen and oxygen atoms in total. The van der Waals surface area contributed by atoms with Crippen molar-refractivity contribution in [2.45, 2.75) is 32.6 Å². The molecule has 6 heteroatoms. The van der Waals surface area contributed by atoms with E-state index in [1.807, 2.05) is 24.3 Å². The van der Waals surface area contributed by atoms with Crippen LogP contribution in [0.5, 0.6) is 11.5 Å². The second kappa shape index (κ2) is 11.1. The SMILES string of the molecule is CCNC(=NCCCOc1cccc(OC)c1)N1CCC(CN2CCCC2)C1. The Morgan fingerprint density at radius 1 is 1.21 bits per heavy atom. The predicted octanol–water partition coefficient (Wildman–Crippen LogP) is 2.85. The summed E-state index contributed by atoms with van der Waals surface area (Å²) in [5.41, 5.74) is 0. The number of nitrogens with one attached hydrogen (secondary N) is 1. The van der Waals surface area contributed by atoms with Crippen molar-refractivity contribution in [2.24, 2.45) is 10.9 Å². The number of hydrogen-bond donors (Lipinski definition) is 1. The molecule has 2 fully saturated rings. The van der Waals surface area contributed by atoms with Gasteiger partial charge in [0.1, 0.15) is 11.5 Å². The minimum atomic E-state index is 0.660. The monoisotopic (exact) mass is 388 g/mol. The lowest BCUT2D eigenvalue weighted by Crippen LogP contribution is -2.40. The molecule has 1 aromatic rings. The third-order valence-corrected chi connectivity index (χ3v) is 5.51. The Hall–Kier alpha value is -1.95. The van der Waals surface area contributed by atoms with Crippen LogP contribution in [0.15, 0.2) is 29.3 Å². The second-order valence-electron chi connectivity index (χ2n) is 7.73. The van der Waals surface area contributed by atoms with Gasteiger partial charge in [-0.2, -0.15) is 0 Å². The summed E-state index contributed by atoms with van der Waals surface area (Å²) in [7, 11) is 1.67. The Morgan fingerprint density at radius 2 is 2.04 bits per heavy atom. The highest BCUT2D eigenvalue weighted by atomic mass is 16.5. The van der Waals surface area contributed by atoms with E-state index in [2.05, 4.69) is 22.0 Å². The van der Waals surface area contributed by atoms with Crippen LogP contribution in [0.4, 0.5) is 0 Å². The zero-order valence-corrected chi connectivity index (χ0v) is 17.5. The lowest BCUT2D eigenvalue weighted by atomic mass is 10.1. The van der Waals surface area contributed by atoms with Crippen molar-refractivity contribution in [2.75, 3.05) is 59.5 Å². The molecule has 0 radical (unpaired) electrons. The third-order valence-electron chi connectivity index (χ3n) is 5.51. The van der Waals surface area contributed by atoms with Crippen molar-refractivity contribution < 1.29 is 9.47 Å². The number of nitrogens with zero attached hydrogens (tertiary/aromatic N) is 3. The first-order valence-corrected chi connectivity index (χ1v) is 10.8. The average Bonchev–Trinajstić information content (AvgIpc) is 3.40. The van der Waals surface area contributed by atoms with Crippen molar-refractivity contribution in [3.63, 3.8) is 0 Å². The molecule has 1 unspecified atom stereocenters. The fraction of sp³-hybridized carbons (Fsp3) is 0.682. The van der Waals surface area contributed by atoms with Crippen LogP contribution in [0.2, 0.25) is 0 Å². The first-order valence-electron chi connectivity index (χ1n) is 10.8. The first kappa shape index (κ1) is 20.8. The molecular formula is C22H36N4O2. The molecule has 2 saturated heterocycles. The molecule has 1 atom stereocenters. The molecule has 0 aromatic heterocycles. The van der Waals surface area contributed by atoms with E-state index in [0.717, 1.165) is 56.0 Å². The highest BCUT2D eigenvalue weighted by Gasteiger charge is 2.27. The van der Waals surface area contributed by atoms with Crippen molar-refractivity contribution >= 4 is 5.96 Å². The minimum Gasteiger partial charge on any atom is -0.497 e. The van der Waals surface area contributed by atoms with Crippen LogP contribution in [-0.4, -0.2) is 75.3 Å². The quantitative estimate of drug-likeness (QED) is 0.400. The van der Waals surface area contributed by atoms with E-state index in [1.165, 1.54) is 38.9 Å². The number of hydrogen-bond acceptors (Lipinski definition) is 4. The van der Waals surface area contributed by atoms with Crippen LogP contribution in [0.3, 0.4) is 0 Å². The summed E-state index contributed by atoms with van der Waals surface area (Å²) in [6, 6.07) is 7.74. The molecule has 156 valence electrons. The van der Waals surface area contributed by atoms with Crippen LogP contribution in [0.1, 0.15) is 32.6 Å². The van der Waals surface area contributed by atoms with E-state index in [-0.39, 0.29) is 0 Å². The molecule has 0 spiro atoms. The molecule has 0 aliphatic carbocycles. The molecule has 1 N–H and O–H groups in total. The van der Waals surface area contributed by atoms with Gasteiger partial charge in [-0.1, -0.05) is 6.07 Å². The number of benzene rings is 1. The zero-order valence-electron chi connectivity index (χ0n) is 17.5. The molecule has 0 saturated carbocycles. The van der Waals surface area contributed by atoms with Gasteiger partial charge in [-0.15, -0.1) is 0 Å². The minimum absolute atomic E-state index is 0.660. The van der Waals surface area contributed by atoms with Gasteiger partial charge in [0.15, 0.2) is 5.96 Å². The predicted molar refractivity (Wildman–Crippen MR) is 114 cm³/mol. The third kappa shape index (κ3) is 6.30. The topological polar surface area (TPSA) is 49.3 Å². The van der Waals surface area contributed by atoms with Crippen molar-refractivity contribution in [3.05, 3.63) is 24.3 Å². The van der Waals surface area contributed by atoms with E-state index in [9.17, 15) is 0 Å². The summed E-state index contributed by atoms with van der Waals surface area (Å²) in [6.07, 6.45) is 4.92. The molecule has 0 amide bonds. The van der Waals surface area contributed by atoms with Crippen molar-refractivity contribution in [3.8, 4) is 11.5 Å². The summed E-state index contributed by atoms with van der Waals surface area (Å²) in [6.45, 7) is 10.6. The normalized spacial score (nSPS) is 20.6. The van der Waals surface area contributed by atoms with Gasteiger partial charge < -0.3 is 24.6 Å². The fourth-order valence-corrected chi connectivity index (χ4v) is 4.06. The number of ether oxygens (including phenoxy) is 2. The van der Waals surface area contributed by atoms with Crippen molar-refractivity contribution in [1.82, 2.24) is 15.1 Å². The molecule has 0 bridgehead atoms. The van der Waals surface area contributed by atoms with Gasteiger partial charge in [-0.05, 0) is 57.3 Å². The smallest absolute Gasteiger partial charge is 0.193 e. The van der Waals surface area contributed by atoms with Crippen LogP contribution >= 0.6 is 0 Å². The Morgan fingerprint density at radius 3 is 2.82 bits per heavy atom. The molecule has 1 aromatic carbocycles. The lowest BCUT2D eigenvalue weighted by Gasteiger charge is -2.23. The van der Waals surface area contributed by atoms with Crippen LogP contribution in [0.25, 0.3) is 0 Å². The maximum absolute atomic E-state index is 5.82. The highest BCUT2D eigenvalue weighted by Crippen LogP contribution is 2.20. The summed E-state index contributed by atoms with van der Waals surface area (Å²) in [5.74, 6) is 3.51. The Bertz CT molecular complexity index is 616. The maximum Gasteiger partial charge on any atom is 0.193 e. The van der Waals surface area contributed by atoms with Gasteiger partial charge in [0.2, 0.25) is 0 Å². The van der Waals surface area contributed by atoms with Gasteiger partial charge >= 0.3 is 0 Å². The highest BCUT2D eigenvalue weighted by molar-refractivity contribution is 5.80. The maximum atomic E-state index is 5.82. The number of methoxy groups -OCH3 is 1. The number of aliphatic imine (C=N–C) groups is 1. The van der Waals surface area contributed by atoms with Crippen molar-refractivity contribution in [1.29, 1.82) is 0 Å². The fourth-order valence-electron chi connectivity index (χ4n) is 4.06.